The molecule has 1 aromatic rings. The molecule has 6 heteroatoms. The summed E-state index contributed by atoms with van der Waals surface area (Å²) in [7, 11) is 1.30. The molecule has 0 spiro atoms. The lowest BCUT2D eigenvalue weighted by atomic mass is 10.0. The van der Waals surface area contributed by atoms with Gasteiger partial charge in [-0.25, -0.2) is 4.79 Å². The average Bonchev–Trinajstić information content (AvgIpc) is 3.19. The predicted octanol–water partition coefficient (Wildman–Crippen LogP) is 1.98. The lowest BCUT2D eigenvalue weighted by Crippen LogP contribution is -2.43. The van der Waals surface area contributed by atoms with E-state index < -0.39 is 12.0 Å². The first kappa shape index (κ1) is 20.5. The van der Waals surface area contributed by atoms with Crippen molar-refractivity contribution in [3.8, 4) is 0 Å². The Morgan fingerprint density at radius 2 is 1.81 bits per heavy atom. The third-order valence-electron chi connectivity index (χ3n) is 3.79. The smallest absolute Gasteiger partial charge is 0.328 e. The second-order valence-electron chi connectivity index (χ2n) is 5.73. The van der Waals surface area contributed by atoms with Crippen LogP contribution in [0.15, 0.2) is 30.3 Å². The van der Waals surface area contributed by atoms with Crippen LogP contribution in [0.3, 0.4) is 0 Å². The third kappa shape index (κ3) is 6.83. The van der Waals surface area contributed by atoms with Crippen molar-refractivity contribution in [3.63, 3.8) is 0 Å². The monoisotopic (exact) mass is 372 g/mol. The lowest BCUT2D eigenvalue weighted by molar-refractivity contribution is -0.144. The van der Waals surface area contributed by atoms with E-state index in [1.54, 1.807) is 12.8 Å². The predicted molar refractivity (Wildman–Crippen MR) is 101 cm³/mol. The topological polar surface area (TPSA) is 72.5 Å². The fraction of sp³-hybridized carbons (Fsp3) is 0.300. The van der Waals surface area contributed by atoms with E-state index in [1.807, 2.05) is 43.2 Å². The van der Waals surface area contributed by atoms with Gasteiger partial charge in [-0.3, -0.25) is 9.59 Å². The molecule has 1 aromatic carbocycles. The molecule has 1 fully saturated rings. The number of carbonyl (C=O) groups excluding carboxylic acids is 3. The van der Waals surface area contributed by atoms with E-state index in [9.17, 15) is 14.4 Å². The molecule has 1 N–H and O–H groups in total. The zero-order valence-electron chi connectivity index (χ0n) is 14.6. The Labute approximate surface area is 159 Å². The number of ether oxygens (including phenoxy) is 1. The number of hydrogen-bond acceptors (Lipinski definition) is 5. The van der Waals surface area contributed by atoms with Gasteiger partial charge in [0.2, 0.25) is 5.91 Å². The van der Waals surface area contributed by atoms with Gasteiger partial charge in [-0.05, 0) is 31.2 Å². The van der Waals surface area contributed by atoms with Crippen LogP contribution in [0, 0.1) is 31.6 Å². The summed E-state index contributed by atoms with van der Waals surface area (Å²) in [6.45, 7) is 0. The average molecular weight is 372 g/mol. The number of Topliss-reactive ketones (excluding diaryl/α,β-unsaturated/α-hetero) is 1. The lowest BCUT2D eigenvalue weighted by Gasteiger charge is -2.16. The summed E-state index contributed by atoms with van der Waals surface area (Å²) in [5.74, 6) is 0.791. The van der Waals surface area contributed by atoms with Gasteiger partial charge in [-0.2, -0.15) is 11.8 Å². The maximum Gasteiger partial charge on any atom is 0.328 e. The van der Waals surface area contributed by atoms with Crippen LogP contribution in [0.2, 0.25) is 0 Å². The van der Waals surface area contributed by atoms with E-state index in [-0.39, 0.29) is 17.4 Å². The summed E-state index contributed by atoms with van der Waals surface area (Å²) in [5.41, 5.74) is 0.941. The maximum atomic E-state index is 12.1. The minimum atomic E-state index is -0.721. The number of thioether (sulfide) groups is 1. The third-order valence-corrected chi connectivity index (χ3v) is 4.75. The van der Waals surface area contributed by atoms with Crippen LogP contribution >= 0.6 is 11.8 Å². The van der Waals surface area contributed by atoms with Gasteiger partial charge >= 0.3 is 5.97 Å². The summed E-state index contributed by atoms with van der Waals surface area (Å²) in [5, 5.41) is 2.71. The zero-order valence-corrected chi connectivity index (χ0v) is 15.5. The van der Waals surface area contributed by atoms with Crippen LogP contribution < -0.4 is 5.32 Å². The quantitative estimate of drug-likeness (QED) is 0.502. The van der Waals surface area contributed by atoms with Gasteiger partial charge in [-0.15, -0.1) is 0 Å². The van der Waals surface area contributed by atoms with Crippen LogP contribution in [0.1, 0.15) is 12.0 Å². The van der Waals surface area contributed by atoms with Gasteiger partial charge in [0.05, 0.1) is 12.9 Å². The standard InChI is InChI=1S/C20H22NO4S/c1-25-20(24)17(13-15-7-3-2-4-8-15)21-19(23)14-26-12-11-18(22)16-9-5-6-10-16/h2-10,17H,11-14H2,1H3,(H,21,23)/t17-/m0/s1. The number of nitrogens with one attached hydrogen (secondary N) is 1. The minimum absolute atomic E-state index is 0.0689. The van der Waals surface area contributed by atoms with Gasteiger partial charge in [-0.1, -0.05) is 30.3 Å². The number of ketones is 1. The van der Waals surface area contributed by atoms with Crippen molar-refractivity contribution in [2.75, 3.05) is 18.6 Å². The Kier molecular flexibility index (Phi) is 8.68. The molecule has 0 unspecified atom stereocenters. The number of esters is 1. The summed E-state index contributed by atoms with van der Waals surface area (Å²) in [6.07, 6.45) is 7.97. The maximum absolute atomic E-state index is 12.1. The highest BCUT2D eigenvalue weighted by atomic mass is 32.2. The van der Waals surface area contributed by atoms with Gasteiger partial charge in [0.1, 0.15) is 11.8 Å². The van der Waals surface area contributed by atoms with Gasteiger partial charge in [0.25, 0.3) is 0 Å². The van der Waals surface area contributed by atoms with Crippen molar-refractivity contribution < 1.29 is 19.1 Å². The van der Waals surface area contributed by atoms with E-state index in [1.165, 1.54) is 18.9 Å². The minimum Gasteiger partial charge on any atom is -0.467 e. The largest absolute Gasteiger partial charge is 0.467 e. The first-order chi connectivity index (χ1) is 12.6. The highest BCUT2D eigenvalue weighted by Crippen LogP contribution is 2.25. The van der Waals surface area contributed by atoms with Gasteiger partial charge in [0.15, 0.2) is 0 Å². The summed E-state index contributed by atoms with van der Waals surface area (Å²) in [6, 6.07) is 8.72. The van der Waals surface area contributed by atoms with Crippen molar-refractivity contribution in [2.24, 2.45) is 0 Å². The summed E-state index contributed by atoms with van der Waals surface area (Å²) >= 11 is 1.37. The van der Waals surface area contributed by atoms with Crippen LogP contribution in [-0.2, 0) is 25.5 Å². The Hall–Kier alpha value is -1.82. The zero-order chi connectivity index (χ0) is 18.8. The number of benzene rings is 1. The molecule has 1 amide bonds. The number of amides is 1. The van der Waals surface area contributed by atoms with Crippen molar-refractivity contribution in [3.05, 3.63) is 67.5 Å². The molecule has 1 aliphatic carbocycles. The van der Waals surface area contributed by atoms with Gasteiger partial charge < -0.3 is 10.1 Å². The first-order valence-corrected chi connectivity index (χ1v) is 9.49. The SMILES string of the molecule is COC(=O)[C@H](Cc1ccccc1)NC(=O)CSCCC(=O)[C]1[CH][CH][CH][CH]1. The highest BCUT2D eigenvalue weighted by Gasteiger charge is 2.24. The molecule has 137 valence electrons. The van der Waals surface area contributed by atoms with Crippen LogP contribution in [0.25, 0.3) is 0 Å². The van der Waals surface area contributed by atoms with Crippen LogP contribution in [-0.4, -0.2) is 42.3 Å². The molecule has 1 saturated carbocycles. The van der Waals surface area contributed by atoms with E-state index in [0.717, 1.165) is 5.56 Å². The normalized spacial score (nSPS) is 15.4. The van der Waals surface area contributed by atoms with Crippen LogP contribution in [0.5, 0.6) is 0 Å². The van der Waals surface area contributed by atoms with Crippen molar-refractivity contribution in [1.29, 1.82) is 0 Å². The number of methoxy groups -OCH3 is 1. The molecule has 5 nitrogen and oxygen atoms in total. The Morgan fingerprint density at radius 3 is 2.46 bits per heavy atom. The molecule has 1 aliphatic rings. The van der Waals surface area contributed by atoms with E-state index in [0.29, 0.717) is 24.5 Å². The Balaban J connectivity index is 1.72. The number of hydrogen-bond donors (Lipinski definition) is 1. The number of rotatable bonds is 10. The Bertz CT molecular complexity index is 599. The van der Waals surface area contributed by atoms with E-state index in [2.05, 4.69) is 5.32 Å². The highest BCUT2D eigenvalue weighted by molar-refractivity contribution is 7.99. The molecule has 0 heterocycles. The molecular weight excluding hydrogens is 350 g/mol. The van der Waals surface area contributed by atoms with Crippen LogP contribution in [0.4, 0.5) is 0 Å². The molecule has 0 bridgehead atoms. The summed E-state index contributed by atoms with van der Waals surface area (Å²) in [4.78, 5) is 35.9. The molecule has 2 rings (SSSR count). The summed E-state index contributed by atoms with van der Waals surface area (Å²) < 4.78 is 4.78. The molecule has 0 aromatic heterocycles. The van der Waals surface area contributed by atoms with Crippen molar-refractivity contribution in [1.82, 2.24) is 5.32 Å². The molecule has 0 aliphatic heterocycles. The van der Waals surface area contributed by atoms with E-state index >= 15 is 0 Å². The number of carbonyl (C=O) groups is 3. The molecule has 26 heavy (non-hydrogen) atoms. The second kappa shape index (κ2) is 11.0. The molecule has 1 atom stereocenters. The second-order valence-corrected chi connectivity index (χ2v) is 6.84. The fourth-order valence-corrected chi connectivity index (χ4v) is 3.20. The van der Waals surface area contributed by atoms with Crippen molar-refractivity contribution in [2.45, 2.75) is 18.9 Å². The molecular formula is C20H22NO4S. The Morgan fingerprint density at radius 1 is 1.12 bits per heavy atom. The first-order valence-electron chi connectivity index (χ1n) is 8.34. The van der Waals surface area contributed by atoms with Gasteiger partial charge in [0, 0.05) is 24.5 Å². The molecule has 5 radical (unpaired) electrons. The fourth-order valence-electron chi connectivity index (χ4n) is 2.46. The van der Waals surface area contributed by atoms with Crippen molar-refractivity contribution >= 4 is 29.4 Å². The van der Waals surface area contributed by atoms with E-state index in [4.69, 9.17) is 4.74 Å². The molecule has 0 saturated heterocycles.